The maximum absolute atomic E-state index is 12.5. The first-order valence-corrected chi connectivity index (χ1v) is 11.0. The molecular formula is C22H28N4OS. The molecule has 1 aromatic heterocycles. The highest BCUT2D eigenvalue weighted by Crippen LogP contribution is 2.18. The second-order valence-electron chi connectivity index (χ2n) is 6.96. The molecule has 3 rings (SSSR count). The Morgan fingerprint density at radius 2 is 1.89 bits per heavy atom. The molecule has 0 atom stereocenters. The summed E-state index contributed by atoms with van der Waals surface area (Å²) >= 11 is 1.72. The van der Waals surface area contributed by atoms with E-state index in [2.05, 4.69) is 52.8 Å². The van der Waals surface area contributed by atoms with E-state index >= 15 is 0 Å². The van der Waals surface area contributed by atoms with Crippen LogP contribution in [-0.2, 0) is 23.6 Å². The molecule has 1 N–H and O–H groups in total. The molecule has 0 unspecified atom stereocenters. The third-order valence-corrected chi connectivity index (χ3v) is 5.19. The number of thioether (sulfide) groups is 1. The predicted octanol–water partition coefficient (Wildman–Crippen LogP) is 3.54. The lowest BCUT2D eigenvalue weighted by atomic mass is 10.2. The van der Waals surface area contributed by atoms with Crippen LogP contribution < -0.4 is 5.32 Å². The van der Waals surface area contributed by atoms with E-state index in [0.29, 0.717) is 13.1 Å². The van der Waals surface area contributed by atoms with Crippen molar-refractivity contribution < 1.29 is 4.79 Å². The lowest BCUT2D eigenvalue weighted by Gasteiger charge is -2.17. The molecule has 28 heavy (non-hydrogen) atoms. The number of imidazole rings is 1. The van der Waals surface area contributed by atoms with E-state index < -0.39 is 0 Å². The normalized spacial score (nSPS) is 11.2. The number of nitrogens with one attached hydrogen (secondary N) is 1. The van der Waals surface area contributed by atoms with Crippen LogP contribution in [0.15, 0.2) is 54.6 Å². The standard InChI is InChI=1S/C22H28N4OS/c1-25(15-18-9-4-3-5-10-18)14-8-13-23-22(27)16-26-20-12-7-6-11-19(20)24-21(26)17-28-2/h3-7,9-12H,8,13-17H2,1-2H3,(H,23,27). The zero-order valence-electron chi connectivity index (χ0n) is 16.6. The average Bonchev–Trinajstić information content (AvgIpc) is 3.04. The second kappa shape index (κ2) is 10.3. The first kappa shape index (κ1) is 20.4. The van der Waals surface area contributed by atoms with E-state index in [1.807, 2.05) is 34.9 Å². The summed E-state index contributed by atoms with van der Waals surface area (Å²) in [6.07, 6.45) is 2.98. The summed E-state index contributed by atoms with van der Waals surface area (Å²) in [6.45, 7) is 2.87. The van der Waals surface area contributed by atoms with Crippen molar-refractivity contribution in [3.8, 4) is 0 Å². The van der Waals surface area contributed by atoms with Crippen LogP contribution in [0.1, 0.15) is 17.8 Å². The van der Waals surface area contributed by atoms with E-state index in [1.54, 1.807) is 11.8 Å². The summed E-state index contributed by atoms with van der Waals surface area (Å²) in [5, 5.41) is 3.05. The van der Waals surface area contributed by atoms with Gasteiger partial charge in [-0.15, -0.1) is 0 Å². The maximum Gasteiger partial charge on any atom is 0.240 e. The Morgan fingerprint density at radius 3 is 2.68 bits per heavy atom. The van der Waals surface area contributed by atoms with Gasteiger partial charge in [-0.2, -0.15) is 11.8 Å². The van der Waals surface area contributed by atoms with Crippen molar-refractivity contribution in [2.45, 2.75) is 25.3 Å². The summed E-state index contributed by atoms with van der Waals surface area (Å²) in [6, 6.07) is 18.4. The summed E-state index contributed by atoms with van der Waals surface area (Å²) < 4.78 is 2.03. The van der Waals surface area contributed by atoms with Crippen LogP contribution in [0.2, 0.25) is 0 Å². The van der Waals surface area contributed by atoms with Crippen molar-refractivity contribution in [1.82, 2.24) is 19.8 Å². The highest BCUT2D eigenvalue weighted by Gasteiger charge is 2.13. The van der Waals surface area contributed by atoms with Gasteiger partial charge in [-0.05, 0) is 44.0 Å². The van der Waals surface area contributed by atoms with Gasteiger partial charge in [0.1, 0.15) is 12.4 Å². The molecule has 1 amide bonds. The van der Waals surface area contributed by atoms with Gasteiger partial charge in [0.25, 0.3) is 0 Å². The van der Waals surface area contributed by atoms with Crippen LogP contribution in [0.5, 0.6) is 0 Å². The Labute approximate surface area is 171 Å². The zero-order chi connectivity index (χ0) is 19.8. The van der Waals surface area contributed by atoms with Gasteiger partial charge in [-0.1, -0.05) is 42.5 Å². The molecule has 1 heterocycles. The van der Waals surface area contributed by atoms with Gasteiger partial charge < -0.3 is 14.8 Å². The third kappa shape index (κ3) is 5.59. The molecule has 0 spiro atoms. The van der Waals surface area contributed by atoms with Gasteiger partial charge >= 0.3 is 0 Å². The Bertz CT molecular complexity index is 894. The molecule has 0 aliphatic rings. The molecule has 0 aliphatic carbocycles. The topological polar surface area (TPSA) is 50.2 Å². The van der Waals surface area contributed by atoms with Crippen molar-refractivity contribution in [3.05, 3.63) is 66.0 Å². The average molecular weight is 397 g/mol. The van der Waals surface area contributed by atoms with Crippen LogP contribution in [0, 0.1) is 0 Å². The molecule has 5 nitrogen and oxygen atoms in total. The molecule has 3 aromatic rings. The summed E-state index contributed by atoms with van der Waals surface area (Å²) in [5.41, 5.74) is 3.27. The van der Waals surface area contributed by atoms with E-state index in [-0.39, 0.29) is 5.91 Å². The van der Waals surface area contributed by atoms with Crippen molar-refractivity contribution in [3.63, 3.8) is 0 Å². The summed E-state index contributed by atoms with van der Waals surface area (Å²) in [7, 11) is 2.11. The number of nitrogens with zero attached hydrogens (tertiary/aromatic N) is 3. The third-order valence-electron chi connectivity index (χ3n) is 4.64. The number of benzene rings is 2. The van der Waals surface area contributed by atoms with E-state index in [1.165, 1.54) is 5.56 Å². The molecule has 0 fully saturated rings. The molecule has 2 aromatic carbocycles. The molecule has 6 heteroatoms. The Balaban J connectivity index is 1.47. The van der Waals surface area contributed by atoms with Gasteiger partial charge in [0.2, 0.25) is 5.91 Å². The number of para-hydroxylation sites is 2. The number of rotatable bonds is 10. The lowest BCUT2D eigenvalue weighted by Crippen LogP contribution is -2.31. The van der Waals surface area contributed by atoms with Crippen molar-refractivity contribution in [2.75, 3.05) is 26.4 Å². The largest absolute Gasteiger partial charge is 0.355 e. The van der Waals surface area contributed by atoms with Crippen LogP contribution in [0.3, 0.4) is 0 Å². The second-order valence-corrected chi connectivity index (χ2v) is 7.83. The fraction of sp³-hybridized carbons (Fsp3) is 0.364. The van der Waals surface area contributed by atoms with Gasteiger partial charge in [0.15, 0.2) is 0 Å². The number of carbonyl (C=O) groups excluding carboxylic acids is 1. The SMILES string of the molecule is CSCc1nc2ccccc2n1CC(=O)NCCCN(C)Cc1ccccc1. The Kier molecular flexibility index (Phi) is 7.51. The fourth-order valence-electron chi connectivity index (χ4n) is 3.29. The molecule has 0 saturated carbocycles. The van der Waals surface area contributed by atoms with Gasteiger partial charge in [0, 0.05) is 13.1 Å². The van der Waals surface area contributed by atoms with E-state index in [0.717, 1.165) is 42.1 Å². The van der Waals surface area contributed by atoms with E-state index in [9.17, 15) is 4.79 Å². The number of hydrogen-bond donors (Lipinski definition) is 1. The Morgan fingerprint density at radius 1 is 1.14 bits per heavy atom. The number of fused-ring (bicyclic) bond motifs is 1. The number of amides is 1. The molecule has 0 aliphatic heterocycles. The number of carbonyl (C=O) groups is 1. The van der Waals surface area contributed by atoms with Gasteiger partial charge in [0.05, 0.1) is 16.8 Å². The van der Waals surface area contributed by atoms with Gasteiger partial charge in [-0.3, -0.25) is 4.79 Å². The smallest absolute Gasteiger partial charge is 0.240 e. The lowest BCUT2D eigenvalue weighted by molar-refractivity contribution is -0.121. The van der Waals surface area contributed by atoms with Crippen molar-refractivity contribution >= 4 is 28.7 Å². The van der Waals surface area contributed by atoms with Crippen LogP contribution >= 0.6 is 11.8 Å². The van der Waals surface area contributed by atoms with Gasteiger partial charge in [-0.25, -0.2) is 4.98 Å². The minimum absolute atomic E-state index is 0.0382. The first-order valence-electron chi connectivity index (χ1n) is 9.59. The molecular weight excluding hydrogens is 368 g/mol. The van der Waals surface area contributed by atoms with Crippen LogP contribution in [0.4, 0.5) is 0 Å². The zero-order valence-corrected chi connectivity index (χ0v) is 17.4. The molecule has 148 valence electrons. The fourth-order valence-corrected chi connectivity index (χ4v) is 3.77. The number of hydrogen-bond acceptors (Lipinski definition) is 4. The quantitative estimate of drug-likeness (QED) is 0.533. The summed E-state index contributed by atoms with van der Waals surface area (Å²) in [5.74, 6) is 1.79. The minimum atomic E-state index is 0.0382. The Hall–Kier alpha value is -2.31. The highest BCUT2D eigenvalue weighted by molar-refractivity contribution is 7.97. The number of aromatic nitrogens is 2. The molecule has 0 bridgehead atoms. The monoisotopic (exact) mass is 396 g/mol. The predicted molar refractivity (Wildman–Crippen MR) is 117 cm³/mol. The van der Waals surface area contributed by atoms with Crippen molar-refractivity contribution in [2.24, 2.45) is 0 Å². The van der Waals surface area contributed by atoms with Crippen LogP contribution in [-0.4, -0.2) is 46.8 Å². The maximum atomic E-state index is 12.5. The van der Waals surface area contributed by atoms with Crippen LogP contribution in [0.25, 0.3) is 11.0 Å². The summed E-state index contributed by atoms with van der Waals surface area (Å²) in [4.78, 5) is 19.4. The molecule has 0 radical (unpaired) electrons. The first-order chi connectivity index (χ1) is 13.7. The molecule has 0 saturated heterocycles. The van der Waals surface area contributed by atoms with E-state index in [4.69, 9.17) is 0 Å². The highest BCUT2D eigenvalue weighted by atomic mass is 32.2. The van der Waals surface area contributed by atoms with Crippen molar-refractivity contribution in [1.29, 1.82) is 0 Å². The minimum Gasteiger partial charge on any atom is -0.355 e.